The normalized spacial score (nSPS) is 7.55. The number of rotatable bonds is 3. The van der Waals surface area contributed by atoms with E-state index >= 15 is 0 Å². The standard InChI is InChI=1S/C6H14N2O.2ClH/c1-6(9)8(2)5-3-4-7;;/h3-5,7H2,1-2H3;2*1H. The van der Waals surface area contributed by atoms with Crippen LogP contribution in [0.2, 0.25) is 0 Å². The molecule has 3 nitrogen and oxygen atoms in total. The molecule has 0 bridgehead atoms. The van der Waals surface area contributed by atoms with Gasteiger partial charge in [0, 0.05) is 20.5 Å². The Balaban J connectivity index is -0.000000320. The molecule has 0 heterocycles. The molecule has 70 valence electrons. The summed E-state index contributed by atoms with van der Waals surface area (Å²) < 4.78 is 0. The minimum atomic E-state index is 0. The van der Waals surface area contributed by atoms with Gasteiger partial charge in [-0.3, -0.25) is 4.79 Å². The van der Waals surface area contributed by atoms with Gasteiger partial charge in [-0.05, 0) is 13.0 Å². The van der Waals surface area contributed by atoms with E-state index in [4.69, 9.17) is 5.73 Å². The molecule has 0 rings (SSSR count). The fourth-order valence-corrected chi connectivity index (χ4v) is 0.486. The quantitative estimate of drug-likeness (QED) is 0.732. The van der Waals surface area contributed by atoms with Crippen LogP contribution in [0.1, 0.15) is 13.3 Å². The summed E-state index contributed by atoms with van der Waals surface area (Å²) in [6, 6.07) is 0. The maximum atomic E-state index is 10.5. The average molecular weight is 203 g/mol. The molecule has 0 saturated heterocycles. The van der Waals surface area contributed by atoms with Crippen LogP contribution >= 0.6 is 24.8 Å². The van der Waals surface area contributed by atoms with Crippen LogP contribution in [0.4, 0.5) is 0 Å². The second-order valence-electron chi connectivity index (χ2n) is 2.08. The number of nitrogens with zero attached hydrogens (tertiary/aromatic N) is 1. The molecule has 0 spiro atoms. The third-order valence-electron chi connectivity index (χ3n) is 1.24. The maximum absolute atomic E-state index is 10.5. The van der Waals surface area contributed by atoms with Gasteiger partial charge in [0.15, 0.2) is 0 Å². The minimum absolute atomic E-state index is 0. The van der Waals surface area contributed by atoms with Gasteiger partial charge in [-0.2, -0.15) is 0 Å². The van der Waals surface area contributed by atoms with E-state index < -0.39 is 0 Å². The molecular formula is C6H16Cl2N2O. The van der Waals surface area contributed by atoms with E-state index in [9.17, 15) is 4.79 Å². The predicted octanol–water partition coefficient (Wildman–Crippen LogP) is 0.657. The zero-order valence-electron chi connectivity index (χ0n) is 6.87. The fourth-order valence-electron chi connectivity index (χ4n) is 0.486. The molecule has 0 saturated carbocycles. The highest BCUT2D eigenvalue weighted by Gasteiger charge is 1.98. The van der Waals surface area contributed by atoms with Crippen molar-refractivity contribution in [2.24, 2.45) is 5.73 Å². The Morgan fingerprint density at radius 1 is 1.45 bits per heavy atom. The summed E-state index contributed by atoms with van der Waals surface area (Å²) in [4.78, 5) is 12.2. The van der Waals surface area contributed by atoms with Crippen LogP contribution in [0.25, 0.3) is 0 Å². The van der Waals surface area contributed by atoms with Gasteiger partial charge in [0.1, 0.15) is 0 Å². The van der Waals surface area contributed by atoms with Gasteiger partial charge in [0.05, 0.1) is 0 Å². The lowest BCUT2D eigenvalue weighted by Gasteiger charge is -2.12. The first-order valence-electron chi connectivity index (χ1n) is 3.10. The monoisotopic (exact) mass is 202 g/mol. The molecule has 1 amide bonds. The van der Waals surface area contributed by atoms with Crippen molar-refractivity contribution in [3.8, 4) is 0 Å². The van der Waals surface area contributed by atoms with Crippen molar-refractivity contribution in [1.29, 1.82) is 0 Å². The van der Waals surface area contributed by atoms with E-state index in [2.05, 4.69) is 0 Å². The largest absolute Gasteiger partial charge is 0.346 e. The first kappa shape index (κ1) is 17.2. The van der Waals surface area contributed by atoms with Crippen molar-refractivity contribution in [3.63, 3.8) is 0 Å². The lowest BCUT2D eigenvalue weighted by Crippen LogP contribution is -2.26. The van der Waals surface area contributed by atoms with Crippen molar-refractivity contribution in [3.05, 3.63) is 0 Å². The highest BCUT2D eigenvalue weighted by atomic mass is 35.5. The number of hydrogen-bond donors (Lipinski definition) is 1. The molecule has 0 aliphatic rings. The number of hydrogen-bond acceptors (Lipinski definition) is 2. The van der Waals surface area contributed by atoms with E-state index in [0.717, 1.165) is 13.0 Å². The Morgan fingerprint density at radius 3 is 2.18 bits per heavy atom. The Kier molecular flexibility index (Phi) is 15.6. The van der Waals surface area contributed by atoms with Crippen molar-refractivity contribution in [2.75, 3.05) is 20.1 Å². The molecule has 0 radical (unpaired) electrons. The molecule has 0 aliphatic carbocycles. The molecule has 0 atom stereocenters. The molecule has 0 aromatic rings. The number of carbonyl (C=O) groups excluding carboxylic acids is 1. The average Bonchev–Trinajstić information content (AvgIpc) is 1.82. The minimum Gasteiger partial charge on any atom is -0.346 e. The molecule has 0 aromatic carbocycles. The SMILES string of the molecule is CC(=O)N(C)CCCN.Cl.Cl. The first-order valence-corrected chi connectivity index (χ1v) is 3.10. The molecule has 0 fully saturated rings. The first-order chi connectivity index (χ1) is 4.18. The topological polar surface area (TPSA) is 46.3 Å². The van der Waals surface area contributed by atoms with Crippen molar-refractivity contribution in [2.45, 2.75) is 13.3 Å². The number of nitrogens with two attached hydrogens (primary N) is 1. The smallest absolute Gasteiger partial charge is 0.219 e. The van der Waals surface area contributed by atoms with Crippen LogP contribution in [-0.4, -0.2) is 30.9 Å². The zero-order valence-corrected chi connectivity index (χ0v) is 8.50. The second-order valence-corrected chi connectivity index (χ2v) is 2.08. The third kappa shape index (κ3) is 10.0. The summed E-state index contributed by atoms with van der Waals surface area (Å²) >= 11 is 0. The molecule has 2 N–H and O–H groups in total. The van der Waals surface area contributed by atoms with E-state index in [1.54, 1.807) is 18.9 Å². The van der Waals surface area contributed by atoms with Crippen LogP contribution in [-0.2, 0) is 4.79 Å². The van der Waals surface area contributed by atoms with Gasteiger partial charge < -0.3 is 10.6 Å². The highest BCUT2D eigenvalue weighted by Crippen LogP contribution is 1.84. The third-order valence-corrected chi connectivity index (χ3v) is 1.24. The van der Waals surface area contributed by atoms with E-state index in [1.807, 2.05) is 0 Å². The van der Waals surface area contributed by atoms with Gasteiger partial charge in [-0.1, -0.05) is 0 Å². The fraction of sp³-hybridized carbons (Fsp3) is 0.833. The molecule has 0 aromatic heterocycles. The Morgan fingerprint density at radius 2 is 1.91 bits per heavy atom. The van der Waals surface area contributed by atoms with Crippen LogP contribution in [0.3, 0.4) is 0 Å². The van der Waals surface area contributed by atoms with E-state index in [0.29, 0.717) is 6.54 Å². The summed E-state index contributed by atoms with van der Waals surface area (Å²) in [5.41, 5.74) is 5.24. The van der Waals surface area contributed by atoms with Crippen LogP contribution in [0, 0.1) is 0 Å². The van der Waals surface area contributed by atoms with Gasteiger partial charge in [-0.15, -0.1) is 24.8 Å². The van der Waals surface area contributed by atoms with Gasteiger partial charge in [0.2, 0.25) is 5.91 Å². The summed E-state index contributed by atoms with van der Waals surface area (Å²) in [6.07, 6.45) is 0.885. The Hall–Kier alpha value is 0.01000. The zero-order chi connectivity index (χ0) is 7.28. The number of halogens is 2. The van der Waals surface area contributed by atoms with Crippen molar-refractivity contribution in [1.82, 2.24) is 4.90 Å². The predicted molar refractivity (Wildman–Crippen MR) is 51.5 cm³/mol. The van der Waals surface area contributed by atoms with Crippen LogP contribution in [0.15, 0.2) is 0 Å². The molecule has 11 heavy (non-hydrogen) atoms. The van der Waals surface area contributed by atoms with Gasteiger partial charge in [-0.25, -0.2) is 0 Å². The Bertz CT molecular complexity index is 101. The van der Waals surface area contributed by atoms with Crippen LogP contribution < -0.4 is 5.73 Å². The van der Waals surface area contributed by atoms with E-state index in [1.165, 1.54) is 0 Å². The summed E-state index contributed by atoms with van der Waals surface area (Å²) in [5.74, 6) is 0.100. The number of amides is 1. The summed E-state index contributed by atoms with van der Waals surface area (Å²) in [6.45, 7) is 2.97. The summed E-state index contributed by atoms with van der Waals surface area (Å²) in [5, 5.41) is 0. The van der Waals surface area contributed by atoms with Crippen molar-refractivity contribution >= 4 is 30.7 Å². The highest BCUT2D eigenvalue weighted by molar-refractivity contribution is 5.85. The molecule has 0 unspecified atom stereocenters. The molecule has 5 heteroatoms. The second kappa shape index (κ2) is 10.0. The van der Waals surface area contributed by atoms with Crippen molar-refractivity contribution < 1.29 is 4.79 Å². The summed E-state index contributed by atoms with van der Waals surface area (Å²) in [7, 11) is 1.78. The Labute approximate surface area is 80.1 Å². The maximum Gasteiger partial charge on any atom is 0.219 e. The lowest BCUT2D eigenvalue weighted by molar-refractivity contribution is -0.127. The lowest BCUT2D eigenvalue weighted by atomic mass is 10.4. The van der Waals surface area contributed by atoms with Gasteiger partial charge >= 0.3 is 0 Å². The van der Waals surface area contributed by atoms with E-state index in [-0.39, 0.29) is 30.7 Å². The van der Waals surface area contributed by atoms with Crippen LogP contribution in [0.5, 0.6) is 0 Å². The molecule has 0 aliphatic heterocycles. The van der Waals surface area contributed by atoms with Gasteiger partial charge in [0.25, 0.3) is 0 Å². The molecular weight excluding hydrogens is 187 g/mol. The number of carbonyl (C=O) groups is 1.